The topological polar surface area (TPSA) is 180 Å². The molecule has 0 radical (unpaired) electrons. The molecule has 0 aliphatic carbocycles. The van der Waals surface area contributed by atoms with Gasteiger partial charge in [0.05, 0.1) is 20.6 Å². The van der Waals surface area contributed by atoms with E-state index in [9.17, 15) is 18.0 Å². The Hall–Kier alpha value is -3.38. The molecule has 0 aromatic heterocycles. The average Bonchev–Trinajstić information content (AvgIpc) is 2.86. The van der Waals surface area contributed by atoms with Gasteiger partial charge in [-0.15, -0.1) is 0 Å². The van der Waals surface area contributed by atoms with E-state index in [0.29, 0.717) is 21.1 Å². The summed E-state index contributed by atoms with van der Waals surface area (Å²) in [4.78, 5) is 24.6. The Labute approximate surface area is 229 Å². The Kier molecular flexibility index (Phi) is 9.55. The zero-order chi connectivity index (χ0) is 28.0. The Morgan fingerprint density at radius 3 is 2.45 bits per heavy atom. The summed E-state index contributed by atoms with van der Waals surface area (Å²) in [6.07, 6.45) is 0.137. The highest BCUT2D eigenvalue weighted by Crippen LogP contribution is 2.32. The summed E-state index contributed by atoms with van der Waals surface area (Å²) in [6.45, 7) is 0.0790. The van der Waals surface area contributed by atoms with Crippen molar-refractivity contribution in [1.29, 1.82) is 5.41 Å². The molecule has 0 heterocycles. The molecule has 3 rings (SSSR count). The number of carboxylic acids is 1. The third kappa shape index (κ3) is 7.13. The van der Waals surface area contributed by atoms with Crippen molar-refractivity contribution in [3.63, 3.8) is 0 Å². The summed E-state index contributed by atoms with van der Waals surface area (Å²) >= 11 is 12.1. The van der Waals surface area contributed by atoms with Gasteiger partial charge < -0.3 is 21.9 Å². The zero-order valence-corrected chi connectivity index (χ0v) is 22.5. The molecule has 0 bridgehead atoms. The second-order valence-electron chi connectivity index (χ2n) is 8.54. The fourth-order valence-electron chi connectivity index (χ4n) is 3.82. The number of anilines is 1. The molecule has 0 saturated carbocycles. The van der Waals surface area contributed by atoms with Crippen LogP contribution in [-0.4, -0.2) is 54.6 Å². The van der Waals surface area contributed by atoms with E-state index < -0.39 is 39.5 Å². The quantitative estimate of drug-likeness (QED) is 0.169. The number of fused-ring (bicyclic) bond motifs is 1. The van der Waals surface area contributed by atoms with Crippen LogP contribution in [-0.2, 0) is 26.0 Å². The van der Waals surface area contributed by atoms with Crippen molar-refractivity contribution in [1.82, 2.24) is 4.90 Å². The Balaban J connectivity index is 1.88. The predicted molar refractivity (Wildman–Crippen MR) is 148 cm³/mol. The first kappa shape index (κ1) is 29.2. The van der Waals surface area contributed by atoms with E-state index >= 15 is 0 Å². The van der Waals surface area contributed by atoms with E-state index in [1.54, 1.807) is 36.4 Å². The van der Waals surface area contributed by atoms with Crippen LogP contribution in [0.2, 0.25) is 10.0 Å². The Morgan fingerprint density at radius 1 is 1.08 bits per heavy atom. The van der Waals surface area contributed by atoms with Crippen LogP contribution in [0.4, 0.5) is 5.69 Å². The highest BCUT2D eigenvalue weighted by molar-refractivity contribution is 7.92. The van der Waals surface area contributed by atoms with Gasteiger partial charge in [0, 0.05) is 18.5 Å². The maximum absolute atomic E-state index is 13.5. The van der Waals surface area contributed by atoms with Gasteiger partial charge in [0.25, 0.3) is 0 Å². The van der Waals surface area contributed by atoms with Crippen molar-refractivity contribution >= 4 is 67.3 Å². The van der Waals surface area contributed by atoms with Crippen LogP contribution in [0.25, 0.3) is 10.8 Å². The second-order valence-corrected chi connectivity index (χ2v) is 11.3. The summed E-state index contributed by atoms with van der Waals surface area (Å²) in [7, 11) is -4.21. The molecule has 0 fully saturated rings. The molecule has 202 valence electrons. The van der Waals surface area contributed by atoms with E-state index in [4.69, 9.17) is 45.2 Å². The van der Waals surface area contributed by atoms with Gasteiger partial charge in [-0.3, -0.25) is 19.9 Å². The van der Waals surface area contributed by atoms with Crippen LogP contribution >= 0.6 is 23.2 Å². The second kappa shape index (κ2) is 12.4. The lowest BCUT2D eigenvalue weighted by Crippen LogP contribution is -2.45. The number of sulfone groups is 1. The number of hydrogen-bond acceptors (Lipinski definition) is 7. The van der Waals surface area contributed by atoms with Gasteiger partial charge in [0.2, 0.25) is 5.91 Å². The smallest absolute Gasteiger partial charge is 0.320 e. The van der Waals surface area contributed by atoms with Crippen LogP contribution in [0, 0.1) is 5.41 Å². The average molecular weight is 580 g/mol. The standard InChI is InChI=1S/C25H27Cl2N5O5S/c26-18-9-7-15(12-19(18)27)13-31-23-17-5-2-1-4-16(17)8-10-21(23)38(36,37)14-22(33)32(25(29)30)11-3-6-20(28)24(34)35/h1-2,4-5,7-10,12,20,31H,3,6,11,13-14,28H2,(H3,29,30)(H,34,35). The number of amides is 1. The van der Waals surface area contributed by atoms with Gasteiger partial charge in [-0.25, -0.2) is 8.42 Å². The summed E-state index contributed by atoms with van der Waals surface area (Å²) in [5.74, 6) is -3.71. The predicted octanol–water partition coefficient (Wildman–Crippen LogP) is 3.45. The molecule has 3 aromatic carbocycles. The van der Waals surface area contributed by atoms with Crippen molar-refractivity contribution in [3.05, 3.63) is 70.2 Å². The summed E-state index contributed by atoms with van der Waals surface area (Å²) in [5.41, 5.74) is 12.1. The molecule has 10 nitrogen and oxygen atoms in total. The molecule has 7 N–H and O–H groups in total. The monoisotopic (exact) mass is 579 g/mol. The molecule has 1 amide bonds. The minimum Gasteiger partial charge on any atom is -0.480 e. The van der Waals surface area contributed by atoms with Gasteiger partial charge in [-0.1, -0.05) is 59.6 Å². The van der Waals surface area contributed by atoms with Crippen molar-refractivity contribution in [2.45, 2.75) is 30.3 Å². The fraction of sp³-hybridized carbons (Fsp3) is 0.240. The third-order valence-corrected chi connectivity index (χ3v) is 8.17. The number of halogens is 2. The molecule has 0 aliphatic heterocycles. The number of carbonyl (C=O) groups excluding carboxylic acids is 1. The van der Waals surface area contributed by atoms with Crippen LogP contribution in [0.1, 0.15) is 18.4 Å². The molecule has 38 heavy (non-hydrogen) atoms. The summed E-state index contributed by atoms with van der Waals surface area (Å²) in [5, 5.41) is 22.0. The molecule has 1 unspecified atom stereocenters. The molecule has 0 aliphatic rings. The summed E-state index contributed by atoms with van der Waals surface area (Å²) < 4.78 is 27.0. The number of nitrogens with two attached hydrogens (primary N) is 2. The first-order valence-corrected chi connectivity index (χ1v) is 13.9. The van der Waals surface area contributed by atoms with Gasteiger partial charge in [-0.05, 0) is 42.0 Å². The van der Waals surface area contributed by atoms with Crippen LogP contribution in [0.3, 0.4) is 0 Å². The summed E-state index contributed by atoms with van der Waals surface area (Å²) in [6, 6.07) is 14.2. The zero-order valence-electron chi connectivity index (χ0n) is 20.2. The lowest BCUT2D eigenvalue weighted by molar-refractivity contribution is -0.138. The normalized spacial score (nSPS) is 12.2. The number of benzene rings is 3. The molecular weight excluding hydrogens is 553 g/mol. The van der Waals surface area contributed by atoms with Gasteiger partial charge in [0.15, 0.2) is 15.8 Å². The van der Waals surface area contributed by atoms with Crippen molar-refractivity contribution in [2.75, 3.05) is 17.6 Å². The number of aliphatic carboxylic acids is 1. The number of guanidine groups is 1. The van der Waals surface area contributed by atoms with E-state index in [0.717, 1.165) is 15.8 Å². The highest BCUT2D eigenvalue weighted by atomic mass is 35.5. The molecule has 1 atom stereocenters. The highest BCUT2D eigenvalue weighted by Gasteiger charge is 2.28. The molecular formula is C25H27Cl2N5O5S. The van der Waals surface area contributed by atoms with Gasteiger partial charge in [-0.2, -0.15) is 0 Å². The number of carboxylic acid groups (broad SMARTS) is 1. The maximum Gasteiger partial charge on any atom is 0.320 e. The van der Waals surface area contributed by atoms with E-state index in [2.05, 4.69) is 5.32 Å². The van der Waals surface area contributed by atoms with E-state index in [1.807, 2.05) is 12.1 Å². The van der Waals surface area contributed by atoms with Gasteiger partial charge in [0.1, 0.15) is 11.8 Å². The number of nitrogens with zero attached hydrogens (tertiary/aromatic N) is 1. The minimum absolute atomic E-state index is 0.0204. The van der Waals surface area contributed by atoms with Crippen molar-refractivity contribution in [3.8, 4) is 0 Å². The fourth-order valence-corrected chi connectivity index (χ4v) is 5.55. The molecule has 3 aromatic rings. The lowest BCUT2D eigenvalue weighted by Gasteiger charge is -2.22. The first-order valence-electron chi connectivity index (χ1n) is 11.5. The van der Waals surface area contributed by atoms with Crippen molar-refractivity contribution in [2.24, 2.45) is 11.5 Å². The molecule has 0 saturated heterocycles. The maximum atomic E-state index is 13.5. The minimum atomic E-state index is -4.21. The first-order chi connectivity index (χ1) is 17.9. The van der Waals surface area contributed by atoms with Gasteiger partial charge >= 0.3 is 5.97 Å². The lowest BCUT2D eigenvalue weighted by atomic mass is 10.1. The Bertz CT molecular complexity index is 1480. The largest absolute Gasteiger partial charge is 0.480 e. The van der Waals surface area contributed by atoms with E-state index in [1.165, 1.54) is 6.07 Å². The SMILES string of the molecule is N=C(N)N(CCCC(N)C(=O)O)C(=O)CS(=O)(=O)c1ccc2ccccc2c1NCc1ccc(Cl)c(Cl)c1. The number of hydrogen-bond donors (Lipinski definition) is 5. The third-order valence-electron chi connectivity index (χ3n) is 5.80. The van der Waals surface area contributed by atoms with E-state index in [-0.39, 0.29) is 30.8 Å². The number of rotatable bonds is 11. The number of carbonyl (C=O) groups is 2. The van der Waals surface area contributed by atoms with Crippen molar-refractivity contribution < 1.29 is 23.1 Å². The molecule has 13 heteroatoms. The van der Waals surface area contributed by atoms with Crippen LogP contribution in [0.5, 0.6) is 0 Å². The molecule has 0 spiro atoms. The van der Waals surface area contributed by atoms with Crippen LogP contribution in [0.15, 0.2) is 59.5 Å². The number of nitrogens with one attached hydrogen (secondary N) is 2. The van der Waals surface area contributed by atoms with Crippen LogP contribution < -0.4 is 16.8 Å². The Morgan fingerprint density at radius 2 is 1.79 bits per heavy atom.